The van der Waals surface area contributed by atoms with E-state index in [2.05, 4.69) is 18.3 Å². The molecule has 0 bridgehead atoms. The van der Waals surface area contributed by atoms with Gasteiger partial charge in [-0.2, -0.15) is 0 Å². The average molecular weight is 306 g/mol. The summed E-state index contributed by atoms with van der Waals surface area (Å²) in [5.41, 5.74) is 2.15. The van der Waals surface area contributed by atoms with E-state index in [0.717, 1.165) is 17.7 Å². The summed E-state index contributed by atoms with van der Waals surface area (Å²) in [6.07, 6.45) is 0.913. The van der Waals surface area contributed by atoms with Gasteiger partial charge in [0.1, 0.15) is 11.6 Å². The molecule has 0 aromatic heterocycles. The van der Waals surface area contributed by atoms with Gasteiger partial charge in [-0.25, -0.2) is 4.39 Å². The van der Waals surface area contributed by atoms with Crippen LogP contribution in [0.4, 0.5) is 4.39 Å². The second kappa shape index (κ2) is 6.04. The summed E-state index contributed by atoms with van der Waals surface area (Å²) in [5.74, 6) is 0.551. The largest absolute Gasteiger partial charge is 0.493 e. The molecule has 2 aromatic carbocycles. The van der Waals surface area contributed by atoms with Crippen LogP contribution in [0.25, 0.3) is 0 Å². The fourth-order valence-electron chi connectivity index (χ4n) is 2.69. The molecule has 2 aromatic rings. The number of para-hydroxylation sites is 1. The van der Waals surface area contributed by atoms with Gasteiger partial charge in [-0.05, 0) is 30.7 Å². The first-order chi connectivity index (χ1) is 10.1. The van der Waals surface area contributed by atoms with Gasteiger partial charge >= 0.3 is 0 Å². The molecule has 110 valence electrons. The lowest BCUT2D eigenvalue weighted by molar-refractivity contribution is 0.246. The average Bonchev–Trinajstić information content (AvgIpc) is 2.50. The Balaban J connectivity index is 1.79. The van der Waals surface area contributed by atoms with Crippen molar-refractivity contribution < 1.29 is 9.13 Å². The van der Waals surface area contributed by atoms with Gasteiger partial charge in [-0.3, -0.25) is 0 Å². The van der Waals surface area contributed by atoms with E-state index in [1.54, 1.807) is 12.1 Å². The summed E-state index contributed by atoms with van der Waals surface area (Å²) in [4.78, 5) is 0. The van der Waals surface area contributed by atoms with E-state index in [0.29, 0.717) is 6.61 Å². The number of nitrogens with one attached hydrogen (secondary N) is 1. The fourth-order valence-corrected chi connectivity index (χ4v) is 2.88. The van der Waals surface area contributed by atoms with E-state index < -0.39 is 0 Å². The number of hydrogen-bond donors (Lipinski definition) is 1. The molecule has 0 radical (unpaired) electrons. The Morgan fingerprint density at radius 3 is 2.90 bits per heavy atom. The Kier molecular flexibility index (Phi) is 4.13. The van der Waals surface area contributed by atoms with Gasteiger partial charge in [0.05, 0.1) is 11.6 Å². The van der Waals surface area contributed by atoms with Gasteiger partial charge in [0, 0.05) is 24.1 Å². The van der Waals surface area contributed by atoms with Crippen LogP contribution in [0.3, 0.4) is 0 Å². The van der Waals surface area contributed by atoms with E-state index in [9.17, 15) is 4.39 Å². The Morgan fingerprint density at radius 2 is 2.10 bits per heavy atom. The van der Waals surface area contributed by atoms with Crippen LogP contribution in [-0.2, 0) is 0 Å². The van der Waals surface area contributed by atoms with Crippen LogP contribution in [0.2, 0.25) is 5.02 Å². The third-order valence-electron chi connectivity index (χ3n) is 3.85. The molecule has 2 nitrogen and oxygen atoms in total. The standard InChI is InChI=1S/C17H17ClFNO/c1-11(12-6-7-15(19)14(18)10-12)20-16-8-9-21-17-5-3-2-4-13(16)17/h2-7,10-11,16,20H,8-9H2,1H3. The van der Waals surface area contributed by atoms with E-state index >= 15 is 0 Å². The first-order valence-electron chi connectivity index (χ1n) is 7.08. The van der Waals surface area contributed by atoms with Gasteiger partial charge in [0.25, 0.3) is 0 Å². The maximum atomic E-state index is 13.2. The zero-order valence-electron chi connectivity index (χ0n) is 11.8. The van der Waals surface area contributed by atoms with E-state index in [-0.39, 0.29) is 22.9 Å². The summed E-state index contributed by atoms with van der Waals surface area (Å²) in [7, 11) is 0. The molecule has 2 unspecified atom stereocenters. The van der Waals surface area contributed by atoms with Gasteiger partial charge in [0.15, 0.2) is 0 Å². The normalized spacial score (nSPS) is 18.7. The van der Waals surface area contributed by atoms with Gasteiger partial charge in [0.2, 0.25) is 0 Å². The summed E-state index contributed by atoms with van der Waals surface area (Å²) < 4.78 is 18.9. The highest BCUT2D eigenvalue weighted by atomic mass is 35.5. The van der Waals surface area contributed by atoms with Crippen molar-refractivity contribution in [3.63, 3.8) is 0 Å². The zero-order valence-corrected chi connectivity index (χ0v) is 12.5. The molecule has 0 fully saturated rings. The van der Waals surface area contributed by atoms with Gasteiger partial charge < -0.3 is 10.1 Å². The smallest absolute Gasteiger partial charge is 0.141 e. The molecule has 1 aliphatic heterocycles. The Bertz CT molecular complexity index is 646. The number of fused-ring (bicyclic) bond motifs is 1. The molecule has 0 spiro atoms. The van der Waals surface area contributed by atoms with Crippen LogP contribution in [0, 0.1) is 5.82 Å². The number of ether oxygens (including phenoxy) is 1. The number of rotatable bonds is 3. The van der Waals surface area contributed by atoms with Crippen molar-refractivity contribution >= 4 is 11.6 Å². The van der Waals surface area contributed by atoms with Crippen molar-refractivity contribution in [1.82, 2.24) is 5.32 Å². The Labute approximate surface area is 128 Å². The van der Waals surface area contributed by atoms with Crippen molar-refractivity contribution in [3.8, 4) is 5.75 Å². The minimum Gasteiger partial charge on any atom is -0.493 e. The monoisotopic (exact) mass is 305 g/mol. The van der Waals surface area contributed by atoms with Crippen LogP contribution < -0.4 is 10.1 Å². The van der Waals surface area contributed by atoms with Crippen molar-refractivity contribution in [2.24, 2.45) is 0 Å². The lowest BCUT2D eigenvalue weighted by Crippen LogP contribution is -2.29. The molecule has 0 aliphatic carbocycles. The highest BCUT2D eigenvalue weighted by Crippen LogP contribution is 2.33. The zero-order chi connectivity index (χ0) is 14.8. The highest BCUT2D eigenvalue weighted by Gasteiger charge is 2.22. The Morgan fingerprint density at radius 1 is 1.29 bits per heavy atom. The first kappa shape index (κ1) is 14.4. The third kappa shape index (κ3) is 3.04. The lowest BCUT2D eigenvalue weighted by atomic mass is 9.98. The summed E-state index contributed by atoms with van der Waals surface area (Å²) >= 11 is 5.86. The van der Waals surface area contributed by atoms with E-state index in [4.69, 9.17) is 16.3 Å². The molecule has 0 amide bonds. The molecular weight excluding hydrogens is 289 g/mol. The molecule has 4 heteroatoms. The van der Waals surface area contributed by atoms with Crippen molar-refractivity contribution in [3.05, 3.63) is 64.4 Å². The summed E-state index contributed by atoms with van der Waals surface area (Å²) in [6.45, 7) is 2.76. The topological polar surface area (TPSA) is 21.3 Å². The van der Waals surface area contributed by atoms with Crippen LogP contribution in [0.1, 0.15) is 36.6 Å². The van der Waals surface area contributed by atoms with Crippen LogP contribution in [0.15, 0.2) is 42.5 Å². The molecule has 0 saturated heterocycles. The highest BCUT2D eigenvalue weighted by molar-refractivity contribution is 6.30. The fraction of sp³-hybridized carbons (Fsp3) is 0.294. The predicted molar refractivity (Wildman–Crippen MR) is 82.3 cm³/mol. The molecule has 21 heavy (non-hydrogen) atoms. The van der Waals surface area contributed by atoms with E-state index in [1.807, 2.05) is 18.2 Å². The van der Waals surface area contributed by atoms with E-state index in [1.165, 1.54) is 11.6 Å². The van der Waals surface area contributed by atoms with Gasteiger partial charge in [-0.15, -0.1) is 0 Å². The second-order valence-electron chi connectivity index (χ2n) is 5.29. The predicted octanol–water partition coefficient (Wildman–Crippen LogP) is 4.65. The maximum absolute atomic E-state index is 13.2. The maximum Gasteiger partial charge on any atom is 0.141 e. The lowest BCUT2D eigenvalue weighted by Gasteiger charge is -2.29. The van der Waals surface area contributed by atoms with Crippen molar-refractivity contribution in [1.29, 1.82) is 0 Å². The van der Waals surface area contributed by atoms with Crippen molar-refractivity contribution in [2.45, 2.75) is 25.4 Å². The quantitative estimate of drug-likeness (QED) is 0.891. The molecule has 1 N–H and O–H groups in total. The molecule has 2 atom stereocenters. The van der Waals surface area contributed by atoms with Crippen LogP contribution in [-0.4, -0.2) is 6.61 Å². The minimum atomic E-state index is -0.385. The number of benzene rings is 2. The van der Waals surface area contributed by atoms with Crippen molar-refractivity contribution in [2.75, 3.05) is 6.61 Å². The number of hydrogen-bond acceptors (Lipinski definition) is 2. The SMILES string of the molecule is CC(NC1CCOc2ccccc21)c1ccc(F)c(Cl)c1. The summed E-state index contributed by atoms with van der Waals surface area (Å²) in [5, 5.41) is 3.74. The summed E-state index contributed by atoms with van der Waals surface area (Å²) in [6, 6.07) is 13.2. The third-order valence-corrected chi connectivity index (χ3v) is 4.14. The second-order valence-corrected chi connectivity index (χ2v) is 5.70. The van der Waals surface area contributed by atoms with Crippen LogP contribution >= 0.6 is 11.6 Å². The Hall–Kier alpha value is -1.58. The molecule has 0 saturated carbocycles. The molecular formula is C17H17ClFNO. The first-order valence-corrected chi connectivity index (χ1v) is 7.45. The molecule has 1 heterocycles. The van der Waals surface area contributed by atoms with Gasteiger partial charge in [-0.1, -0.05) is 35.9 Å². The number of halogens is 2. The molecule has 1 aliphatic rings. The van der Waals surface area contributed by atoms with Crippen LogP contribution in [0.5, 0.6) is 5.75 Å². The molecule has 3 rings (SSSR count). The minimum absolute atomic E-state index is 0.0826.